The summed E-state index contributed by atoms with van der Waals surface area (Å²) < 4.78 is 0. The molecule has 1 unspecified atom stereocenters. The number of nitriles is 1. The van der Waals surface area contributed by atoms with E-state index in [1.54, 1.807) is 18.3 Å². The van der Waals surface area contributed by atoms with E-state index in [0.29, 0.717) is 24.2 Å². The maximum atomic E-state index is 13.1. The van der Waals surface area contributed by atoms with Gasteiger partial charge in [-0.2, -0.15) is 5.26 Å². The number of carbonyl (C=O) groups excluding carboxylic acids is 2. The number of hydrogen-bond donors (Lipinski definition) is 5. The highest BCUT2D eigenvalue weighted by Gasteiger charge is 2.31. The predicted molar refractivity (Wildman–Crippen MR) is 120 cm³/mol. The topological polar surface area (TPSA) is 143 Å². The van der Waals surface area contributed by atoms with Crippen molar-refractivity contribution in [2.45, 2.75) is 64.8 Å². The highest BCUT2D eigenvalue weighted by molar-refractivity contribution is 5.99. The van der Waals surface area contributed by atoms with Gasteiger partial charge >= 0.3 is 0 Å². The number of nitrogens with one attached hydrogen (secondary N) is 4. The standard InChI is InChI=1S/C23H32N6O3/c1-23(2,3)12-18(29-21(31)17-11-14-6-4-8-25-19(14)28-17)22(32)27-16(13-24)10-15-7-5-9-26-20(15)30/h4,6,8,11,15-16,18,20,26,30H,5,7,9-10,12H2,1-3H3,(H,25,28)(H,27,32)(H,29,31)/t15-,16-,18-,20?/m0/s1. The van der Waals surface area contributed by atoms with Crippen molar-refractivity contribution in [3.63, 3.8) is 0 Å². The van der Waals surface area contributed by atoms with Gasteiger partial charge in [-0.15, -0.1) is 0 Å². The maximum Gasteiger partial charge on any atom is 0.268 e. The number of piperidine rings is 1. The molecule has 0 radical (unpaired) electrons. The molecular formula is C23H32N6O3. The first-order valence-electron chi connectivity index (χ1n) is 11.0. The van der Waals surface area contributed by atoms with Crippen LogP contribution in [0.25, 0.3) is 11.0 Å². The van der Waals surface area contributed by atoms with Crippen LogP contribution in [0, 0.1) is 22.7 Å². The number of aliphatic hydroxyl groups is 1. The molecule has 4 atom stereocenters. The van der Waals surface area contributed by atoms with Gasteiger partial charge in [0.2, 0.25) is 5.91 Å². The number of H-pyrrole nitrogens is 1. The van der Waals surface area contributed by atoms with Crippen molar-refractivity contribution in [3.05, 3.63) is 30.1 Å². The number of pyridine rings is 1. The number of aliphatic hydroxyl groups excluding tert-OH is 1. The molecule has 32 heavy (non-hydrogen) atoms. The Morgan fingerprint density at radius 2 is 2.16 bits per heavy atom. The Bertz CT molecular complexity index is 957. The van der Waals surface area contributed by atoms with Crippen LogP contribution in [-0.4, -0.2) is 51.7 Å². The molecule has 5 N–H and O–H groups in total. The largest absolute Gasteiger partial charge is 0.378 e. The lowest BCUT2D eigenvalue weighted by molar-refractivity contribution is -0.124. The molecule has 1 aliphatic heterocycles. The molecule has 3 rings (SSSR count). The zero-order valence-corrected chi connectivity index (χ0v) is 18.8. The Labute approximate surface area is 188 Å². The first kappa shape index (κ1) is 23.7. The quantitative estimate of drug-likeness (QED) is 0.444. The number of aromatic amines is 1. The summed E-state index contributed by atoms with van der Waals surface area (Å²) in [6.45, 7) is 6.69. The molecule has 172 valence electrons. The summed E-state index contributed by atoms with van der Waals surface area (Å²) in [6.07, 6.45) is 3.40. The molecule has 0 saturated carbocycles. The van der Waals surface area contributed by atoms with Crippen molar-refractivity contribution >= 4 is 22.8 Å². The van der Waals surface area contributed by atoms with Gasteiger partial charge in [-0.1, -0.05) is 20.8 Å². The Kier molecular flexibility index (Phi) is 7.48. The lowest BCUT2D eigenvalue weighted by Gasteiger charge is -2.31. The molecule has 2 aromatic rings. The van der Waals surface area contributed by atoms with Crippen LogP contribution in [0.2, 0.25) is 0 Å². The monoisotopic (exact) mass is 440 g/mol. The summed E-state index contributed by atoms with van der Waals surface area (Å²) in [5.41, 5.74) is 0.681. The molecule has 1 fully saturated rings. The Morgan fingerprint density at radius 1 is 1.38 bits per heavy atom. The van der Waals surface area contributed by atoms with E-state index in [0.717, 1.165) is 24.8 Å². The summed E-state index contributed by atoms with van der Waals surface area (Å²) in [6, 6.07) is 5.89. The summed E-state index contributed by atoms with van der Waals surface area (Å²) >= 11 is 0. The number of hydrogen-bond acceptors (Lipinski definition) is 6. The third-order valence-electron chi connectivity index (χ3n) is 5.64. The van der Waals surface area contributed by atoms with E-state index >= 15 is 0 Å². The lowest BCUT2D eigenvalue weighted by atomic mass is 9.87. The van der Waals surface area contributed by atoms with Gasteiger partial charge in [0, 0.05) is 17.5 Å². The summed E-state index contributed by atoms with van der Waals surface area (Å²) in [5, 5.41) is 29.1. The highest BCUT2D eigenvalue weighted by atomic mass is 16.3. The molecule has 2 amide bonds. The van der Waals surface area contributed by atoms with Gasteiger partial charge in [-0.3, -0.25) is 14.9 Å². The second kappa shape index (κ2) is 10.1. The summed E-state index contributed by atoms with van der Waals surface area (Å²) in [5.74, 6) is -0.927. The van der Waals surface area contributed by atoms with Gasteiger partial charge in [0.05, 0.1) is 6.07 Å². The molecular weight excluding hydrogens is 408 g/mol. The van der Waals surface area contributed by atoms with E-state index in [1.807, 2.05) is 26.8 Å². The Hall–Kier alpha value is -2.96. The fraction of sp³-hybridized carbons (Fsp3) is 0.565. The number of aromatic nitrogens is 2. The second-order valence-electron chi connectivity index (χ2n) is 9.64. The van der Waals surface area contributed by atoms with Gasteiger partial charge in [-0.05, 0) is 55.8 Å². The maximum absolute atomic E-state index is 13.1. The third kappa shape index (κ3) is 6.28. The van der Waals surface area contributed by atoms with Crippen molar-refractivity contribution in [2.24, 2.45) is 11.3 Å². The van der Waals surface area contributed by atoms with E-state index in [4.69, 9.17) is 0 Å². The Balaban J connectivity index is 1.69. The minimum absolute atomic E-state index is 0.108. The number of rotatable bonds is 7. The minimum atomic E-state index is -0.813. The van der Waals surface area contributed by atoms with E-state index in [-0.39, 0.29) is 11.3 Å². The lowest BCUT2D eigenvalue weighted by Crippen LogP contribution is -2.52. The van der Waals surface area contributed by atoms with Gasteiger partial charge < -0.3 is 20.7 Å². The van der Waals surface area contributed by atoms with E-state index in [1.165, 1.54) is 0 Å². The fourth-order valence-corrected chi connectivity index (χ4v) is 4.04. The van der Waals surface area contributed by atoms with E-state index in [2.05, 4.69) is 32.0 Å². The van der Waals surface area contributed by atoms with Crippen LogP contribution in [0.4, 0.5) is 0 Å². The highest BCUT2D eigenvalue weighted by Crippen LogP contribution is 2.23. The zero-order chi connectivity index (χ0) is 23.3. The first-order valence-corrected chi connectivity index (χ1v) is 11.0. The van der Waals surface area contributed by atoms with Crippen molar-refractivity contribution in [1.29, 1.82) is 5.26 Å². The summed E-state index contributed by atoms with van der Waals surface area (Å²) in [7, 11) is 0. The van der Waals surface area contributed by atoms with Crippen LogP contribution in [0.15, 0.2) is 24.4 Å². The van der Waals surface area contributed by atoms with Gasteiger partial charge in [0.15, 0.2) is 0 Å². The molecule has 1 aliphatic rings. The normalized spacial score (nSPS) is 20.8. The van der Waals surface area contributed by atoms with Crippen LogP contribution in [0.3, 0.4) is 0 Å². The molecule has 0 bridgehead atoms. The van der Waals surface area contributed by atoms with Crippen molar-refractivity contribution in [1.82, 2.24) is 25.9 Å². The molecule has 9 heteroatoms. The molecule has 0 spiro atoms. The van der Waals surface area contributed by atoms with E-state index < -0.39 is 30.1 Å². The van der Waals surface area contributed by atoms with Crippen molar-refractivity contribution in [3.8, 4) is 6.07 Å². The number of carbonyl (C=O) groups is 2. The SMILES string of the molecule is CC(C)(C)C[C@H](NC(=O)c1cc2cccnc2[nH]1)C(=O)N[C@H](C#N)C[C@@H]1CCCNC1O. The van der Waals surface area contributed by atoms with Crippen molar-refractivity contribution in [2.75, 3.05) is 6.54 Å². The van der Waals surface area contributed by atoms with E-state index in [9.17, 15) is 20.0 Å². The smallest absolute Gasteiger partial charge is 0.268 e. The Morgan fingerprint density at radius 3 is 2.81 bits per heavy atom. The van der Waals surface area contributed by atoms with Gasteiger partial charge in [0.1, 0.15) is 29.7 Å². The molecule has 0 aromatic carbocycles. The molecule has 3 heterocycles. The number of fused-ring (bicyclic) bond motifs is 1. The fourth-order valence-electron chi connectivity index (χ4n) is 4.04. The molecule has 9 nitrogen and oxygen atoms in total. The van der Waals surface area contributed by atoms with Crippen molar-refractivity contribution < 1.29 is 14.7 Å². The van der Waals surface area contributed by atoms with Crippen LogP contribution in [0.5, 0.6) is 0 Å². The molecule has 0 aliphatic carbocycles. The summed E-state index contributed by atoms with van der Waals surface area (Å²) in [4.78, 5) is 33.1. The minimum Gasteiger partial charge on any atom is -0.378 e. The number of nitrogens with zero attached hydrogens (tertiary/aromatic N) is 2. The van der Waals surface area contributed by atoms with Crippen LogP contribution >= 0.6 is 0 Å². The van der Waals surface area contributed by atoms with Crippen LogP contribution < -0.4 is 16.0 Å². The third-order valence-corrected chi connectivity index (χ3v) is 5.64. The predicted octanol–water partition coefficient (Wildman–Crippen LogP) is 1.81. The van der Waals surface area contributed by atoms with Crippen LogP contribution in [-0.2, 0) is 4.79 Å². The number of amides is 2. The van der Waals surface area contributed by atoms with Gasteiger partial charge in [0.25, 0.3) is 5.91 Å². The second-order valence-corrected chi connectivity index (χ2v) is 9.64. The first-order chi connectivity index (χ1) is 15.2. The average molecular weight is 441 g/mol. The average Bonchev–Trinajstić information content (AvgIpc) is 3.17. The zero-order valence-electron chi connectivity index (χ0n) is 18.8. The molecule has 2 aromatic heterocycles. The van der Waals surface area contributed by atoms with Crippen LogP contribution in [0.1, 0.15) is 56.9 Å². The molecule has 1 saturated heterocycles. The van der Waals surface area contributed by atoms with Gasteiger partial charge in [-0.25, -0.2) is 4.98 Å².